The average Bonchev–Trinajstić information content (AvgIpc) is 3.09. The lowest BCUT2D eigenvalue weighted by Crippen LogP contribution is -2.24. The van der Waals surface area contributed by atoms with E-state index in [9.17, 15) is 8.42 Å². The fourth-order valence-electron chi connectivity index (χ4n) is 1.59. The van der Waals surface area contributed by atoms with Crippen molar-refractivity contribution >= 4 is 25.8 Å². The van der Waals surface area contributed by atoms with Gasteiger partial charge in [0.15, 0.2) is 9.84 Å². The van der Waals surface area contributed by atoms with E-state index in [1.807, 2.05) is 0 Å². The maximum atomic E-state index is 11.9. The zero-order chi connectivity index (χ0) is 12.3. The molecule has 1 aromatic rings. The van der Waals surface area contributed by atoms with Crippen LogP contribution in [0.2, 0.25) is 0 Å². The van der Waals surface area contributed by atoms with Gasteiger partial charge < -0.3 is 5.32 Å². The van der Waals surface area contributed by atoms with Gasteiger partial charge in [0.1, 0.15) is 0 Å². The molecule has 0 aromatic heterocycles. The number of rotatable bonds is 6. The second-order valence-corrected chi connectivity index (χ2v) is 7.45. The highest BCUT2D eigenvalue weighted by molar-refractivity contribution is 9.10. The van der Waals surface area contributed by atoms with Crippen molar-refractivity contribution < 1.29 is 8.42 Å². The molecule has 0 radical (unpaired) electrons. The first-order valence-electron chi connectivity index (χ1n) is 5.77. The van der Waals surface area contributed by atoms with E-state index in [1.54, 1.807) is 24.3 Å². The first-order chi connectivity index (χ1) is 8.08. The molecule has 94 valence electrons. The molecule has 1 fully saturated rings. The smallest absolute Gasteiger partial charge is 0.179 e. The number of nitrogens with one attached hydrogen (secondary N) is 1. The Morgan fingerprint density at radius 1 is 1.24 bits per heavy atom. The monoisotopic (exact) mass is 317 g/mol. The van der Waals surface area contributed by atoms with Gasteiger partial charge in [-0.2, -0.15) is 0 Å². The number of hydrogen-bond donors (Lipinski definition) is 1. The van der Waals surface area contributed by atoms with Gasteiger partial charge in [0, 0.05) is 11.0 Å². The van der Waals surface area contributed by atoms with Crippen molar-refractivity contribution in [3.8, 4) is 0 Å². The van der Waals surface area contributed by atoms with E-state index in [1.165, 1.54) is 12.8 Å². The van der Waals surface area contributed by atoms with E-state index in [-0.39, 0.29) is 5.75 Å². The predicted octanol–water partition coefficient (Wildman–Crippen LogP) is 2.22. The average molecular weight is 318 g/mol. The fourth-order valence-corrected chi connectivity index (χ4v) is 3.06. The molecule has 0 amide bonds. The van der Waals surface area contributed by atoms with Crippen LogP contribution in [0, 0.1) is 5.92 Å². The zero-order valence-electron chi connectivity index (χ0n) is 9.52. The summed E-state index contributed by atoms with van der Waals surface area (Å²) in [6.07, 6.45) is 2.57. The Morgan fingerprint density at radius 3 is 2.47 bits per heavy atom. The van der Waals surface area contributed by atoms with Gasteiger partial charge >= 0.3 is 0 Å². The van der Waals surface area contributed by atoms with Crippen molar-refractivity contribution in [2.75, 3.05) is 18.8 Å². The second-order valence-electron chi connectivity index (χ2n) is 4.42. The number of sulfone groups is 1. The summed E-state index contributed by atoms with van der Waals surface area (Å²) in [6.45, 7) is 1.49. The third-order valence-electron chi connectivity index (χ3n) is 2.85. The minimum atomic E-state index is -3.14. The van der Waals surface area contributed by atoms with Gasteiger partial charge in [-0.3, -0.25) is 0 Å². The molecule has 1 aromatic carbocycles. The van der Waals surface area contributed by atoms with Crippen molar-refractivity contribution in [3.63, 3.8) is 0 Å². The normalized spacial score (nSPS) is 16.1. The van der Waals surface area contributed by atoms with E-state index in [0.717, 1.165) is 16.9 Å². The highest BCUT2D eigenvalue weighted by Crippen LogP contribution is 2.27. The Morgan fingerprint density at radius 2 is 1.88 bits per heavy atom. The molecule has 0 bridgehead atoms. The molecule has 1 saturated carbocycles. The van der Waals surface area contributed by atoms with Crippen molar-refractivity contribution in [2.45, 2.75) is 17.7 Å². The van der Waals surface area contributed by atoms with Crippen LogP contribution in [-0.2, 0) is 9.84 Å². The molecule has 3 nitrogen and oxygen atoms in total. The third kappa shape index (κ3) is 4.08. The van der Waals surface area contributed by atoms with Gasteiger partial charge in [0.25, 0.3) is 0 Å². The quantitative estimate of drug-likeness (QED) is 0.818. The zero-order valence-corrected chi connectivity index (χ0v) is 11.9. The molecule has 2 rings (SSSR count). The first-order valence-corrected chi connectivity index (χ1v) is 8.21. The SMILES string of the molecule is O=S(=O)(CCNCC1CC1)c1ccc(Br)cc1. The van der Waals surface area contributed by atoms with Crippen LogP contribution in [0.15, 0.2) is 33.6 Å². The van der Waals surface area contributed by atoms with E-state index in [0.29, 0.717) is 11.4 Å². The molecule has 1 N–H and O–H groups in total. The summed E-state index contributed by atoms with van der Waals surface area (Å²) in [5.74, 6) is 0.951. The summed E-state index contributed by atoms with van der Waals surface area (Å²) < 4.78 is 24.8. The Labute approximate surface area is 111 Å². The Kier molecular flexibility index (Phi) is 4.22. The summed E-state index contributed by atoms with van der Waals surface area (Å²) in [7, 11) is -3.14. The molecular weight excluding hydrogens is 302 g/mol. The molecule has 0 atom stereocenters. The van der Waals surface area contributed by atoms with Crippen LogP contribution in [0.3, 0.4) is 0 Å². The number of halogens is 1. The van der Waals surface area contributed by atoms with Gasteiger partial charge in [-0.1, -0.05) is 15.9 Å². The fraction of sp³-hybridized carbons (Fsp3) is 0.500. The minimum Gasteiger partial charge on any atom is -0.315 e. The lowest BCUT2D eigenvalue weighted by molar-refractivity contribution is 0.588. The molecule has 17 heavy (non-hydrogen) atoms. The molecule has 0 saturated heterocycles. The summed E-state index contributed by atoms with van der Waals surface area (Å²) in [5.41, 5.74) is 0. The molecule has 1 aliphatic carbocycles. The van der Waals surface area contributed by atoms with Crippen molar-refractivity contribution in [1.82, 2.24) is 5.32 Å². The minimum absolute atomic E-state index is 0.168. The van der Waals surface area contributed by atoms with E-state index < -0.39 is 9.84 Å². The summed E-state index contributed by atoms with van der Waals surface area (Å²) >= 11 is 3.29. The molecule has 0 heterocycles. The standard InChI is InChI=1S/C12H16BrNO2S/c13-11-3-5-12(6-4-11)17(15,16)8-7-14-9-10-1-2-10/h3-6,10,14H,1-2,7-9H2. The molecular formula is C12H16BrNO2S. The van der Waals surface area contributed by atoms with Crippen LogP contribution in [0.1, 0.15) is 12.8 Å². The predicted molar refractivity (Wildman–Crippen MR) is 71.8 cm³/mol. The molecule has 0 aliphatic heterocycles. The van der Waals surface area contributed by atoms with E-state index in [2.05, 4.69) is 21.2 Å². The maximum Gasteiger partial charge on any atom is 0.179 e. The topological polar surface area (TPSA) is 46.2 Å². The van der Waals surface area contributed by atoms with Gasteiger partial charge in [0.2, 0.25) is 0 Å². The Hall–Kier alpha value is -0.390. The van der Waals surface area contributed by atoms with Crippen LogP contribution in [0.25, 0.3) is 0 Å². The van der Waals surface area contributed by atoms with Crippen molar-refractivity contribution in [1.29, 1.82) is 0 Å². The van der Waals surface area contributed by atoms with Gasteiger partial charge in [-0.05, 0) is 49.6 Å². The van der Waals surface area contributed by atoms with Gasteiger partial charge in [-0.15, -0.1) is 0 Å². The molecule has 1 aliphatic rings. The first kappa shape index (κ1) is 13.1. The highest BCUT2D eigenvalue weighted by Gasteiger charge is 2.20. The Balaban J connectivity index is 1.86. The molecule has 0 spiro atoms. The van der Waals surface area contributed by atoms with Crippen LogP contribution in [0.5, 0.6) is 0 Å². The summed E-state index contributed by atoms with van der Waals surface area (Å²) in [4.78, 5) is 0.397. The van der Waals surface area contributed by atoms with Crippen LogP contribution in [0.4, 0.5) is 0 Å². The van der Waals surface area contributed by atoms with E-state index >= 15 is 0 Å². The lowest BCUT2D eigenvalue weighted by atomic mass is 10.4. The van der Waals surface area contributed by atoms with E-state index in [4.69, 9.17) is 0 Å². The summed E-state index contributed by atoms with van der Waals surface area (Å²) in [6, 6.07) is 6.79. The highest BCUT2D eigenvalue weighted by atomic mass is 79.9. The second kappa shape index (κ2) is 5.50. The molecule has 5 heteroatoms. The van der Waals surface area contributed by atoms with Gasteiger partial charge in [-0.25, -0.2) is 8.42 Å². The largest absolute Gasteiger partial charge is 0.315 e. The van der Waals surface area contributed by atoms with Crippen LogP contribution in [-0.4, -0.2) is 27.3 Å². The van der Waals surface area contributed by atoms with Crippen molar-refractivity contribution in [2.24, 2.45) is 5.92 Å². The number of benzene rings is 1. The summed E-state index contributed by atoms with van der Waals surface area (Å²) in [5, 5.41) is 3.20. The third-order valence-corrected chi connectivity index (χ3v) is 5.11. The van der Waals surface area contributed by atoms with Crippen molar-refractivity contribution in [3.05, 3.63) is 28.7 Å². The van der Waals surface area contributed by atoms with Gasteiger partial charge in [0.05, 0.1) is 10.6 Å². The van der Waals surface area contributed by atoms with Crippen LogP contribution < -0.4 is 5.32 Å². The maximum absolute atomic E-state index is 11.9. The van der Waals surface area contributed by atoms with Crippen LogP contribution >= 0.6 is 15.9 Å². The Bertz CT molecular complexity index is 466. The number of hydrogen-bond acceptors (Lipinski definition) is 3. The molecule has 0 unspecified atom stereocenters. The lowest BCUT2D eigenvalue weighted by Gasteiger charge is -2.05.